The van der Waals surface area contributed by atoms with Crippen molar-refractivity contribution >= 4 is 11.6 Å². The molecular weight excluding hydrogens is 253 g/mol. The lowest BCUT2D eigenvalue weighted by molar-refractivity contribution is 0.120. The van der Waals surface area contributed by atoms with Gasteiger partial charge >= 0.3 is 0 Å². The summed E-state index contributed by atoms with van der Waals surface area (Å²) in [4.78, 5) is 0. The van der Waals surface area contributed by atoms with Crippen LogP contribution in [0.3, 0.4) is 0 Å². The fourth-order valence-corrected chi connectivity index (χ4v) is 2.92. The zero-order chi connectivity index (χ0) is 12.5. The molecule has 2 aliphatic rings. The maximum atomic E-state index is 13.3. The van der Waals surface area contributed by atoms with Crippen molar-refractivity contribution in [2.24, 2.45) is 11.8 Å². The van der Waals surface area contributed by atoms with Crippen LogP contribution in [0, 0.1) is 17.7 Å². The fraction of sp³-hybridized carbons (Fsp3) is 0.571. The topological polar surface area (TPSA) is 21.3 Å². The Balaban J connectivity index is 1.75. The smallest absolute Gasteiger partial charge is 0.128 e. The summed E-state index contributed by atoms with van der Waals surface area (Å²) in [5, 5.41) is 3.76. The first-order valence-corrected chi connectivity index (χ1v) is 6.93. The molecule has 18 heavy (non-hydrogen) atoms. The van der Waals surface area contributed by atoms with Gasteiger partial charge in [-0.25, -0.2) is 4.39 Å². The van der Waals surface area contributed by atoms with E-state index in [2.05, 4.69) is 5.32 Å². The van der Waals surface area contributed by atoms with Crippen LogP contribution in [0.15, 0.2) is 18.2 Å². The summed E-state index contributed by atoms with van der Waals surface area (Å²) in [6.45, 7) is 2.06. The van der Waals surface area contributed by atoms with Crippen molar-refractivity contribution in [2.75, 3.05) is 13.1 Å². The Labute approximate surface area is 111 Å². The van der Waals surface area contributed by atoms with Gasteiger partial charge in [-0.1, -0.05) is 11.6 Å². The first-order valence-electron chi connectivity index (χ1n) is 6.56. The molecule has 0 amide bonds. The Morgan fingerprint density at radius 2 is 2.06 bits per heavy atom. The molecule has 4 heteroatoms. The molecular formula is C14H17ClFNO. The third-order valence-electron chi connectivity index (χ3n) is 3.76. The molecule has 0 spiro atoms. The van der Waals surface area contributed by atoms with E-state index in [0.717, 1.165) is 19.5 Å². The van der Waals surface area contributed by atoms with Crippen molar-refractivity contribution in [1.82, 2.24) is 5.32 Å². The molecule has 0 radical (unpaired) electrons. The highest BCUT2D eigenvalue weighted by atomic mass is 35.5. The van der Waals surface area contributed by atoms with Crippen molar-refractivity contribution < 1.29 is 9.13 Å². The third-order valence-corrected chi connectivity index (χ3v) is 3.98. The van der Waals surface area contributed by atoms with Gasteiger partial charge in [-0.15, -0.1) is 0 Å². The average Bonchev–Trinajstić information content (AvgIpc) is 3.00. The predicted octanol–water partition coefficient (Wildman–Crippen LogP) is 3.25. The summed E-state index contributed by atoms with van der Waals surface area (Å²) in [6.07, 6.45) is 3.80. The number of benzene rings is 1. The van der Waals surface area contributed by atoms with Gasteiger partial charge in [-0.3, -0.25) is 0 Å². The van der Waals surface area contributed by atoms with Crippen LogP contribution in [0.1, 0.15) is 19.3 Å². The number of hydrogen-bond acceptors (Lipinski definition) is 2. The second-order valence-electron chi connectivity index (χ2n) is 5.28. The first-order chi connectivity index (χ1) is 8.72. The normalized spacial score (nSPS) is 25.1. The molecule has 2 fully saturated rings. The number of ether oxygens (including phenoxy) is 1. The Kier molecular flexibility index (Phi) is 3.44. The minimum atomic E-state index is -0.336. The standard InChI is InChI=1S/C14H17ClFNO/c15-11-5-12(16)7-13(6-11)18-14(9-1-2-9)10-3-4-17-8-10/h5-7,9-10,14,17H,1-4,8H2/t10-,14+/m0/s1. The van der Waals surface area contributed by atoms with E-state index in [9.17, 15) is 4.39 Å². The zero-order valence-electron chi connectivity index (χ0n) is 10.2. The second kappa shape index (κ2) is 5.06. The highest BCUT2D eigenvalue weighted by molar-refractivity contribution is 6.30. The van der Waals surface area contributed by atoms with Crippen LogP contribution in [-0.2, 0) is 0 Å². The van der Waals surface area contributed by atoms with Crippen molar-refractivity contribution in [3.05, 3.63) is 29.0 Å². The van der Waals surface area contributed by atoms with Gasteiger partial charge in [-0.2, -0.15) is 0 Å². The van der Waals surface area contributed by atoms with E-state index in [0.29, 0.717) is 22.6 Å². The molecule has 1 saturated heterocycles. The van der Waals surface area contributed by atoms with E-state index in [-0.39, 0.29) is 11.9 Å². The van der Waals surface area contributed by atoms with Crippen molar-refractivity contribution in [3.63, 3.8) is 0 Å². The van der Waals surface area contributed by atoms with E-state index >= 15 is 0 Å². The van der Waals surface area contributed by atoms with Crippen LogP contribution in [0.5, 0.6) is 5.75 Å². The van der Waals surface area contributed by atoms with Crippen molar-refractivity contribution in [1.29, 1.82) is 0 Å². The van der Waals surface area contributed by atoms with E-state index in [1.165, 1.54) is 25.0 Å². The van der Waals surface area contributed by atoms with E-state index in [1.807, 2.05) is 0 Å². The summed E-state index contributed by atoms with van der Waals surface area (Å²) >= 11 is 5.86. The fourth-order valence-electron chi connectivity index (χ4n) is 2.71. The lowest BCUT2D eigenvalue weighted by Crippen LogP contribution is -2.30. The van der Waals surface area contributed by atoms with Gasteiger partial charge in [0.2, 0.25) is 0 Å². The van der Waals surface area contributed by atoms with Crippen LogP contribution >= 0.6 is 11.6 Å². The molecule has 1 aliphatic heterocycles. The number of nitrogens with one attached hydrogen (secondary N) is 1. The summed E-state index contributed by atoms with van der Waals surface area (Å²) in [5.74, 6) is 1.40. The molecule has 1 saturated carbocycles. The molecule has 3 rings (SSSR count). The first kappa shape index (κ1) is 12.2. The van der Waals surface area contributed by atoms with Crippen LogP contribution in [0.25, 0.3) is 0 Å². The van der Waals surface area contributed by atoms with Crippen LogP contribution in [0.2, 0.25) is 5.02 Å². The molecule has 0 aromatic heterocycles. The Morgan fingerprint density at radius 3 is 2.67 bits per heavy atom. The SMILES string of the molecule is Fc1cc(Cl)cc(O[C@H](C2CC2)[C@H]2CCNC2)c1. The summed E-state index contributed by atoms with van der Waals surface area (Å²) < 4.78 is 19.3. The highest BCUT2D eigenvalue weighted by Crippen LogP contribution is 2.40. The molecule has 2 atom stereocenters. The van der Waals surface area contributed by atoms with Gasteiger partial charge in [-0.05, 0) is 43.9 Å². The molecule has 1 N–H and O–H groups in total. The number of rotatable bonds is 4. The van der Waals surface area contributed by atoms with Gasteiger partial charge in [0, 0.05) is 23.6 Å². The number of halogens is 2. The van der Waals surface area contributed by atoms with Gasteiger partial charge in [0.05, 0.1) is 0 Å². The predicted molar refractivity (Wildman–Crippen MR) is 69.5 cm³/mol. The minimum Gasteiger partial charge on any atom is -0.490 e. The zero-order valence-corrected chi connectivity index (χ0v) is 10.9. The highest BCUT2D eigenvalue weighted by Gasteiger charge is 2.39. The van der Waals surface area contributed by atoms with E-state index in [4.69, 9.17) is 16.3 Å². The Bertz CT molecular complexity index is 410. The maximum Gasteiger partial charge on any atom is 0.128 e. The summed E-state index contributed by atoms with van der Waals surface area (Å²) in [6, 6.07) is 4.42. The molecule has 0 unspecified atom stereocenters. The van der Waals surface area contributed by atoms with Crippen LogP contribution in [0.4, 0.5) is 4.39 Å². The van der Waals surface area contributed by atoms with Gasteiger partial charge in [0.15, 0.2) is 0 Å². The monoisotopic (exact) mass is 269 g/mol. The Morgan fingerprint density at radius 1 is 1.22 bits per heavy atom. The maximum absolute atomic E-state index is 13.3. The van der Waals surface area contributed by atoms with Crippen LogP contribution in [-0.4, -0.2) is 19.2 Å². The third kappa shape index (κ3) is 2.78. The molecule has 1 heterocycles. The van der Waals surface area contributed by atoms with Gasteiger partial charge in [0.25, 0.3) is 0 Å². The lowest BCUT2D eigenvalue weighted by atomic mass is 9.97. The quantitative estimate of drug-likeness (QED) is 0.906. The van der Waals surface area contributed by atoms with Crippen molar-refractivity contribution in [3.8, 4) is 5.75 Å². The molecule has 0 bridgehead atoms. The van der Waals surface area contributed by atoms with E-state index in [1.54, 1.807) is 6.07 Å². The molecule has 1 aromatic rings. The molecule has 98 valence electrons. The lowest BCUT2D eigenvalue weighted by Gasteiger charge is -2.24. The largest absolute Gasteiger partial charge is 0.490 e. The average molecular weight is 270 g/mol. The molecule has 2 nitrogen and oxygen atoms in total. The Hall–Kier alpha value is -0.800. The molecule has 1 aliphatic carbocycles. The van der Waals surface area contributed by atoms with Gasteiger partial charge in [0.1, 0.15) is 17.7 Å². The molecule has 1 aromatic carbocycles. The minimum absolute atomic E-state index is 0.206. The van der Waals surface area contributed by atoms with E-state index < -0.39 is 0 Å². The summed E-state index contributed by atoms with van der Waals surface area (Å²) in [5.41, 5.74) is 0. The van der Waals surface area contributed by atoms with Crippen LogP contribution < -0.4 is 10.1 Å². The number of hydrogen-bond donors (Lipinski definition) is 1. The summed E-state index contributed by atoms with van der Waals surface area (Å²) in [7, 11) is 0. The second-order valence-corrected chi connectivity index (χ2v) is 5.71. The van der Waals surface area contributed by atoms with Crippen molar-refractivity contribution in [2.45, 2.75) is 25.4 Å². The van der Waals surface area contributed by atoms with Gasteiger partial charge < -0.3 is 10.1 Å².